The average Bonchev–Trinajstić information content (AvgIpc) is 3.39. The van der Waals surface area contributed by atoms with Crippen LogP contribution >= 0.6 is 0 Å². The highest BCUT2D eigenvalue weighted by molar-refractivity contribution is 7.82. The zero-order chi connectivity index (χ0) is 28.3. The Morgan fingerprint density at radius 1 is 1.10 bits per heavy atom. The van der Waals surface area contributed by atoms with Crippen LogP contribution < -0.4 is 15.5 Å². The number of piperazine rings is 1. The van der Waals surface area contributed by atoms with Crippen molar-refractivity contribution in [3.8, 4) is 0 Å². The highest BCUT2D eigenvalue weighted by Crippen LogP contribution is 2.30. The average molecular weight is 582 g/mol. The molecule has 1 amide bonds. The molecule has 218 valence electrons. The number of halogens is 1. The quantitative estimate of drug-likeness (QED) is 0.394. The number of carbonyl (C=O) groups excluding carboxylic acids is 1. The summed E-state index contributed by atoms with van der Waals surface area (Å²) in [5.41, 5.74) is 4.13. The van der Waals surface area contributed by atoms with Gasteiger partial charge in [-0.3, -0.25) is 9.89 Å². The second-order valence-corrected chi connectivity index (χ2v) is 12.3. The van der Waals surface area contributed by atoms with Gasteiger partial charge in [-0.25, -0.2) is 12.9 Å². The van der Waals surface area contributed by atoms with Crippen LogP contribution in [0.5, 0.6) is 0 Å². The van der Waals surface area contributed by atoms with E-state index < -0.39 is 16.8 Å². The number of fused-ring (bicyclic) bond motifs is 1. The number of anilines is 3. The van der Waals surface area contributed by atoms with E-state index in [4.69, 9.17) is 4.74 Å². The third kappa shape index (κ3) is 6.30. The van der Waals surface area contributed by atoms with Crippen molar-refractivity contribution in [1.29, 1.82) is 0 Å². The number of H-pyrrole nitrogens is 1. The Morgan fingerprint density at radius 2 is 1.90 bits per heavy atom. The fourth-order valence-corrected chi connectivity index (χ4v) is 6.80. The highest BCUT2D eigenvalue weighted by atomic mass is 32.2. The van der Waals surface area contributed by atoms with Gasteiger partial charge in [-0.15, -0.1) is 0 Å². The SMILES string of the molecule is CN1CCN(c2ccc(C(=O)Nc3n[nH]c4c3CN(S(=O)c3cccc(F)c3)CC4)c(NC3CCOCC3)c2)CC1. The van der Waals surface area contributed by atoms with Gasteiger partial charge < -0.3 is 25.2 Å². The van der Waals surface area contributed by atoms with Gasteiger partial charge >= 0.3 is 0 Å². The predicted molar refractivity (Wildman–Crippen MR) is 157 cm³/mol. The normalized spacial score (nSPS) is 19.5. The third-order valence-corrected chi connectivity index (χ3v) is 9.50. The number of likely N-dealkylation sites (N-methyl/N-ethyl adjacent to an activating group) is 1. The first-order chi connectivity index (χ1) is 19.9. The lowest BCUT2D eigenvalue weighted by Gasteiger charge is -2.34. The topological polar surface area (TPSA) is 106 Å². The lowest BCUT2D eigenvalue weighted by molar-refractivity contribution is 0.0904. The van der Waals surface area contributed by atoms with Gasteiger partial charge in [0.05, 0.1) is 10.5 Å². The molecule has 3 aliphatic heterocycles. The Labute approximate surface area is 241 Å². The van der Waals surface area contributed by atoms with Gasteiger partial charge in [-0.1, -0.05) is 6.07 Å². The lowest BCUT2D eigenvalue weighted by Crippen LogP contribution is -2.44. The van der Waals surface area contributed by atoms with E-state index >= 15 is 0 Å². The van der Waals surface area contributed by atoms with Crippen LogP contribution in [-0.4, -0.2) is 88.5 Å². The number of aromatic amines is 1. The molecule has 0 radical (unpaired) electrons. The summed E-state index contributed by atoms with van der Waals surface area (Å²) in [6.45, 7) is 6.11. The van der Waals surface area contributed by atoms with E-state index in [1.807, 2.05) is 12.1 Å². The number of ether oxygens (including phenoxy) is 1. The van der Waals surface area contributed by atoms with Crippen LogP contribution in [0.3, 0.4) is 0 Å². The maximum absolute atomic E-state index is 13.7. The van der Waals surface area contributed by atoms with Crippen molar-refractivity contribution in [3.63, 3.8) is 0 Å². The Morgan fingerprint density at radius 3 is 2.68 bits per heavy atom. The highest BCUT2D eigenvalue weighted by Gasteiger charge is 2.28. The number of aromatic nitrogens is 2. The van der Waals surface area contributed by atoms with Gasteiger partial charge in [0, 0.05) is 87.6 Å². The molecule has 0 bridgehead atoms. The van der Waals surface area contributed by atoms with Crippen molar-refractivity contribution in [1.82, 2.24) is 19.4 Å². The van der Waals surface area contributed by atoms with Crippen LogP contribution in [0, 0.1) is 5.82 Å². The maximum Gasteiger partial charge on any atom is 0.258 e. The van der Waals surface area contributed by atoms with Gasteiger partial charge in [0.25, 0.3) is 5.91 Å². The molecule has 1 aromatic heterocycles. The van der Waals surface area contributed by atoms with Crippen molar-refractivity contribution in [3.05, 3.63) is 65.1 Å². The summed E-state index contributed by atoms with van der Waals surface area (Å²) >= 11 is 0. The van der Waals surface area contributed by atoms with Crippen LogP contribution in [0.1, 0.15) is 34.5 Å². The molecule has 2 saturated heterocycles. The van der Waals surface area contributed by atoms with Crippen molar-refractivity contribution >= 4 is 34.1 Å². The first kappa shape index (κ1) is 27.8. The largest absolute Gasteiger partial charge is 0.381 e. The van der Waals surface area contributed by atoms with Gasteiger partial charge in [-0.2, -0.15) is 5.10 Å². The molecule has 3 aliphatic rings. The van der Waals surface area contributed by atoms with E-state index in [1.54, 1.807) is 16.4 Å². The number of hydrogen-bond donors (Lipinski definition) is 3. The predicted octanol–water partition coefficient (Wildman–Crippen LogP) is 3.22. The molecule has 3 N–H and O–H groups in total. The molecule has 6 rings (SSSR count). The summed E-state index contributed by atoms with van der Waals surface area (Å²) in [6.07, 6.45) is 2.35. The molecule has 0 aliphatic carbocycles. The zero-order valence-electron chi connectivity index (χ0n) is 23.2. The molecule has 4 heterocycles. The molecule has 1 unspecified atom stereocenters. The summed E-state index contributed by atoms with van der Waals surface area (Å²) in [7, 11) is 0.601. The minimum atomic E-state index is -1.53. The van der Waals surface area contributed by atoms with Crippen LogP contribution in [0.2, 0.25) is 0 Å². The van der Waals surface area contributed by atoms with Crippen LogP contribution in [-0.2, 0) is 28.7 Å². The number of nitrogens with one attached hydrogen (secondary N) is 3. The molecule has 2 fully saturated rings. The van der Waals surface area contributed by atoms with Gasteiger partial charge in [0.2, 0.25) is 0 Å². The van der Waals surface area contributed by atoms with E-state index in [0.717, 1.165) is 61.7 Å². The second kappa shape index (κ2) is 12.3. The number of hydrogen-bond acceptors (Lipinski definition) is 7. The van der Waals surface area contributed by atoms with Gasteiger partial charge in [0.1, 0.15) is 16.8 Å². The fourth-order valence-electron chi connectivity index (χ4n) is 5.59. The van der Waals surface area contributed by atoms with Gasteiger partial charge in [-0.05, 0) is 56.3 Å². The summed E-state index contributed by atoms with van der Waals surface area (Å²) in [4.78, 5) is 18.8. The molecule has 0 spiro atoms. The second-order valence-electron chi connectivity index (χ2n) is 10.9. The molecule has 3 aromatic rings. The summed E-state index contributed by atoms with van der Waals surface area (Å²) < 4.78 is 34.2. The summed E-state index contributed by atoms with van der Waals surface area (Å²) in [6, 6.07) is 12.0. The zero-order valence-corrected chi connectivity index (χ0v) is 24.0. The Kier molecular flexibility index (Phi) is 8.33. The molecular weight excluding hydrogens is 545 g/mol. The van der Waals surface area contributed by atoms with Gasteiger partial charge in [0.15, 0.2) is 5.82 Å². The summed E-state index contributed by atoms with van der Waals surface area (Å²) in [5, 5.41) is 14.1. The van der Waals surface area contributed by atoms with Crippen LogP contribution in [0.25, 0.3) is 0 Å². The van der Waals surface area contributed by atoms with Crippen molar-refractivity contribution in [2.24, 2.45) is 0 Å². The number of benzene rings is 2. The maximum atomic E-state index is 13.7. The van der Waals surface area contributed by atoms with E-state index in [-0.39, 0.29) is 11.9 Å². The Bertz CT molecular complexity index is 1420. The number of rotatable bonds is 7. The van der Waals surface area contributed by atoms with Crippen molar-refractivity contribution in [2.45, 2.75) is 36.7 Å². The third-order valence-electron chi connectivity index (χ3n) is 8.06. The molecular formula is C29H36FN7O3S. The molecule has 0 saturated carbocycles. The standard InChI is InChI=1S/C29H36FN7O3S/c1-35-11-13-36(14-12-35)22-5-6-24(27(18-22)31-21-8-15-40-16-9-21)29(38)32-28-25-19-37(10-7-26(25)33-34-28)41(39)23-4-2-3-20(30)17-23/h2-6,17-18,21,31H,7-16,19H2,1H3,(H2,32,33,34,38). The van der Waals surface area contributed by atoms with Crippen LogP contribution in [0.15, 0.2) is 47.4 Å². The van der Waals surface area contributed by atoms with Crippen molar-refractivity contribution in [2.75, 3.05) is 68.5 Å². The van der Waals surface area contributed by atoms with Crippen molar-refractivity contribution < 1.29 is 18.1 Å². The first-order valence-electron chi connectivity index (χ1n) is 14.2. The molecule has 12 heteroatoms. The number of nitrogens with zero attached hydrogens (tertiary/aromatic N) is 4. The number of amides is 1. The first-order valence-corrected chi connectivity index (χ1v) is 15.3. The van der Waals surface area contributed by atoms with Crippen LogP contribution in [0.4, 0.5) is 21.6 Å². The fraction of sp³-hybridized carbons (Fsp3) is 0.448. The monoisotopic (exact) mass is 581 g/mol. The molecule has 1 atom stereocenters. The molecule has 41 heavy (non-hydrogen) atoms. The molecule has 2 aromatic carbocycles. The number of carbonyl (C=O) groups is 1. The smallest absolute Gasteiger partial charge is 0.258 e. The van der Waals surface area contributed by atoms with E-state index in [1.165, 1.54) is 12.1 Å². The van der Waals surface area contributed by atoms with E-state index in [0.29, 0.717) is 49.0 Å². The Balaban J connectivity index is 1.22. The van der Waals surface area contributed by atoms with E-state index in [9.17, 15) is 13.4 Å². The minimum absolute atomic E-state index is 0.225. The molecule has 10 nitrogen and oxygen atoms in total. The Hall–Kier alpha value is -3.32. The lowest BCUT2D eigenvalue weighted by atomic mass is 10.1. The summed E-state index contributed by atoms with van der Waals surface area (Å²) in [5.74, 6) is -0.262. The minimum Gasteiger partial charge on any atom is -0.381 e. The van der Waals surface area contributed by atoms with E-state index in [2.05, 4.69) is 43.7 Å².